The van der Waals surface area contributed by atoms with Gasteiger partial charge in [0.25, 0.3) is 11.6 Å². The molecular formula is C11H13N3O4. The molecule has 7 nitrogen and oxygen atoms in total. The van der Waals surface area contributed by atoms with Gasteiger partial charge in [-0.1, -0.05) is 0 Å². The van der Waals surface area contributed by atoms with E-state index in [-0.39, 0.29) is 22.8 Å². The maximum atomic E-state index is 12.2. The predicted molar refractivity (Wildman–Crippen MR) is 64.2 cm³/mol. The van der Waals surface area contributed by atoms with Gasteiger partial charge in [0.2, 0.25) is 0 Å². The number of ether oxygens (including phenoxy) is 1. The summed E-state index contributed by atoms with van der Waals surface area (Å²) in [7, 11) is 0. The standard InChI is InChI=1S/C11H13N3O4/c12-10-2-1-8(14(16)17)7-9(10)11(15)13-3-5-18-6-4-13/h1-2,7H,3-6,12H2. The highest BCUT2D eigenvalue weighted by Gasteiger charge is 2.22. The fourth-order valence-corrected chi connectivity index (χ4v) is 1.78. The van der Waals surface area contributed by atoms with Crippen molar-refractivity contribution < 1.29 is 14.5 Å². The number of benzene rings is 1. The van der Waals surface area contributed by atoms with Crippen molar-refractivity contribution in [3.8, 4) is 0 Å². The van der Waals surface area contributed by atoms with Crippen LogP contribution in [0.25, 0.3) is 0 Å². The van der Waals surface area contributed by atoms with Gasteiger partial charge in [-0.2, -0.15) is 0 Å². The van der Waals surface area contributed by atoms with Gasteiger partial charge in [-0.3, -0.25) is 14.9 Å². The molecule has 0 unspecified atom stereocenters. The van der Waals surface area contributed by atoms with Gasteiger partial charge in [0.1, 0.15) is 0 Å². The van der Waals surface area contributed by atoms with Gasteiger partial charge in [-0.15, -0.1) is 0 Å². The predicted octanol–water partition coefficient (Wildman–Crippen LogP) is 0.649. The lowest BCUT2D eigenvalue weighted by molar-refractivity contribution is -0.384. The van der Waals surface area contributed by atoms with E-state index in [1.807, 2.05) is 0 Å². The molecule has 0 aromatic heterocycles. The molecule has 1 heterocycles. The molecule has 2 N–H and O–H groups in total. The highest BCUT2D eigenvalue weighted by molar-refractivity contribution is 5.99. The number of morpholine rings is 1. The quantitative estimate of drug-likeness (QED) is 0.472. The summed E-state index contributed by atoms with van der Waals surface area (Å²) in [5.74, 6) is -0.292. The van der Waals surface area contributed by atoms with Gasteiger partial charge >= 0.3 is 0 Å². The van der Waals surface area contributed by atoms with Gasteiger partial charge in [0.05, 0.1) is 23.7 Å². The third kappa shape index (κ3) is 2.40. The topological polar surface area (TPSA) is 98.7 Å². The summed E-state index contributed by atoms with van der Waals surface area (Å²) in [6.45, 7) is 1.89. The van der Waals surface area contributed by atoms with Gasteiger partial charge in [-0.05, 0) is 6.07 Å². The molecule has 1 aromatic rings. The van der Waals surface area contributed by atoms with Gasteiger partial charge in [0.15, 0.2) is 0 Å². The third-order valence-corrected chi connectivity index (χ3v) is 2.78. The zero-order valence-electron chi connectivity index (χ0n) is 9.67. The number of amides is 1. The van der Waals surface area contributed by atoms with Gasteiger partial charge in [-0.25, -0.2) is 0 Å². The van der Waals surface area contributed by atoms with E-state index in [0.717, 1.165) is 0 Å². The van der Waals surface area contributed by atoms with Crippen molar-refractivity contribution in [3.63, 3.8) is 0 Å². The van der Waals surface area contributed by atoms with E-state index >= 15 is 0 Å². The van der Waals surface area contributed by atoms with Crippen LogP contribution in [0.4, 0.5) is 11.4 Å². The van der Waals surface area contributed by atoms with E-state index in [1.54, 1.807) is 4.90 Å². The Morgan fingerprint density at radius 1 is 1.39 bits per heavy atom. The zero-order chi connectivity index (χ0) is 13.1. The second kappa shape index (κ2) is 5.01. The second-order valence-corrected chi connectivity index (χ2v) is 3.93. The number of non-ortho nitro benzene ring substituents is 1. The molecule has 2 rings (SSSR count). The van der Waals surface area contributed by atoms with Crippen molar-refractivity contribution >= 4 is 17.3 Å². The van der Waals surface area contributed by atoms with Crippen molar-refractivity contribution in [3.05, 3.63) is 33.9 Å². The fraction of sp³-hybridized carbons (Fsp3) is 0.364. The number of nitro groups is 1. The van der Waals surface area contributed by atoms with Crippen LogP contribution in [0.3, 0.4) is 0 Å². The number of nitro benzene ring substituents is 1. The first kappa shape index (κ1) is 12.3. The number of anilines is 1. The molecule has 1 aliphatic heterocycles. The Balaban J connectivity index is 2.28. The minimum absolute atomic E-state index is 0.138. The Morgan fingerprint density at radius 2 is 2.06 bits per heavy atom. The molecule has 0 bridgehead atoms. The van der Waals surface area contributed by atoms with Crippen molar-refractivity contribution in [2.75, 3.05) is 32.0 Å². The van der Waals surface area contributed by atoms with Crippen LogP contribution in [0.1, 0.15) is 10.4 Å². The van der Waals surface area contributed by atoms with E-state index in [0.29, 0.717) is 26.3 Å². The Morgan fingerprint density at radius 3 is 2.67 bits per heavy atom. The lowest BCUT2D eigenvalue weighted by atomic mass is 10.1. The minimum Gasteiger partial charge on any atom is -0.398 e. The number of carbonyl (C=O) groups is 1. The number of nitrogens with two attached hydrogens (primary N) is 1. The SMILES string of the molecule is Nc1ccc([N+](=O)[O-])cc1C(=O)N1CCOCC1. The minimum atomic E-state index is -0.546. The molecule has 7 heteroatoms. The molecule has 0 atom stereocenters. The zero-order valence-corrected chi connectivity index (χ0v) is 9.67. The van der Waals surface area contributed by atoms with Crippen LogP contribution in [0, 0.1) is 10.1 Å². The van der Waals surface area contributed by atoms with Crippen LogP contribution in [0.15, 0.2) is 18.2 Å². The van der Waals surface area contributed by atoms with E-state index in [2.05, 4.69) is 0 Å². The molecule has 1 aromatic carbocycles. The van der Waals surface area contributed by atoms with Crippen molar-refractivity contribution in [2.45, 2.75) is 0 Å². The molecule has 0 radical (unpaired) electrons. The van der Waals surface area contributed by atoms with Crippen LogP contribution in [-0.2, 0) is 4.74 Å². The first-order valence-corrected chi connectivity index (χ1v) is 5.50. The maximum Gasteiger partial charge on any atom is 0.270 e. The summed E-state index contributed by atoms with van der Waals surface area (Å²) in [6.07, 6.45) is 0. The van der Waals surface area contributed by atoms with E-state index in [1.165, 1.54) is 18.2 Å². The summed E-state index contributed by atoms with van der Waals surface area (Å²) in [6, 6.07) is 3.88. The molecule has 1 aliphatic rings. The summed E-state index contributed by atoms with van der Waals surface area (Å²) < 4.78 is 5.14. The average Bonchev–Trinajstić information content (AvgIpc) is 2.39. The van der Waals surface area contributed by atoms with Crippen LogP contribution in [0.2, 0.25) is 0 Å². The number of rotatable bonds is 2. The Labute approximate surface area is 103 Å². The van der Waals surface area contributed by atoms with Crippen molar-refractivity contribution in [2.24, 2.45) is 0 Å². The maximum absolute atomic E-state index is 12.2. The Hall–Kier alpha value is -2.15. The van der Waals surface area contributed by atoms with Gasteiger partial charge < -0.3 is 15.4 Å². The molecular weight excluding hydrogens is 238 g/mol. The van der Waals surface area contributed by atoms with Crippen LogP contribution >= 0.6 is 0 Å². The molecule has 0 aliphatic carbocycles. The molecule has 0 spiro atoms. The highest BCUT2D eigenvalue weighted by Crippen LogP contribution is 2.21. The fourth-order valence-electron chi connectivity index (χ4n) is 1.78. The first-order chi connectivity index (χ1) is 8.59. The van der Waals surface area contributed by atoms with Crippen LogP contribution in [0.5, 0.6) is 0 Å². The van der Waals surface area contributed by atoms with Crippen LogP contribution < -0.4 is 5.73 Å². The third-order valence-electron chi connectivity index (χ3n) is 2.78. The van der Waals surface area contributed by atoms with Crippen molar-refractivity contribution in [1.82, 2.24) is 4.90 Å². The molecule has 1 amide bonds. The monoisotopic (exact) mass is 251 g/mol. The Bertz CT molecular complexity index is 483. The number of hydrogen-bond acceptors (Lipinski definition) is 5. The molecule has 18 heavy (non-hydrogen) atoms. The molecule has 1 fully saturated rings. The molecule has 0 saturated carbocycles. The number of nitrogens with zero attached hydrogens (tertiary/aromatic N) is 2. The van der Waals surface area contributed by atoms with Gasteiger partial charge in [0, 0.05) is 30.9 Å². The van der Waals surface area contributed by atoms with Crippen molar-refractivity contribution in [1.29, 1.82) is 0 Å². The highest BCUT2D eigenvalue weighted by atomic mass is 16.6. The lowest BCUT2D eigenvalue weighted by Crippen LogP contribution is -2.40. The average molecular weight is 251 g/mol. The molecule has 1 saturated heterocycles. The molecule has 96 valence electrons. The summed E-state index contributed by atoms with van der Waals surface area (Å²) in [5.41, 5.74) is 5.98. The normalized spacial score (nSPS) is 15.4. The van der Waals surface area contributed by atoms with E-state index in [9.17, 15) is 14.9 Å². The summed E-state index contributed by atoms with van der Waals surface area (Å²) in [4.78, 5) is 23.9. The Kier molecular flexibility index (Phi) is 3.42. The number of nitrogen functional groups attached to an aromatic ring is 1. The summed E-state index contributed by atoms with van der Waals surface area (Å²) in [5, 5.41) is 10.7. The number of carbonyl (C=O) groups excluding carboxylic acids is 1. The lowest BCUT2D eigenvalue weighted by Gasteiger charge is -2.27. The smallest absolute Gasteiger partial charge is 0.270 e. The van der Waals surface area contributed by atoms with E-state index < -0.39 is 4.92 Å². The van der Waals surface area contributed by atoms with Crippen LogP contribution in [-0.4, -0.2) is 42.0 Å². The second-order valence-electron chi connectivity index (χ2n) is 3.93. The summed E-state index contributed by atoms with van der Waals surface area (Å²) >= 11 is 0. The largest absolute Gasteiger partial charge is 0.398 e. The van der Waals surface area contributed by atoms with E-state index in [4.69, 9.17) is 10.5 Å². The first-order valence-electron chi connectivity index (χ1n) is 5.50. The number of hydrogen-bond donors (Lipinski definition) is 1.